The van der Waals surface area contributed by atoms with Crippen LogP contribution in [0.4, 0.5) is 0 Å². The molecule has 0 bridgehead atoms. The molecule has 0 aromatic rings. The molecule has 4 heteroatoms. The Bertz CT molecular complexity index is 185. The Kier molecular flexibility index (Phi) is 3.25. The van der Waals surface area contributed by atoms with Gasteiger partial charge in [0.1, 0.15) is 0 Å². The van der Waals surface area contributed by atoms with Crippen LogP contribution in [0.1, 0.15) is 45.4 Å². The van der Waals surface area contributed by atoms with Crippen LogP contribution in [0.3, 0.4) is 0 Å². The highest BCUT2D eigenvalue weighted by molar-refractivity contribution is 4.84. The lowest BCUT2D eigenvalue weighted by Crippen LogP contribution is -2.42. The number of aliphatic hydroxyl groups is 1. The van der Waals surface area contributed by atoms with Gasteiger partial charge in [-0.05, 0) is 19.8 Å². The molecule has 0 saturated heterocycles. The molecule has 0 spiro atoms. The molecule has 1 atom stereocenters. The van der Waals surface area contributed by atoms with E-state index in [1.165, 1.54) is 0 Å². The Balaban J connectivity index is 2.67. The molecule has 4 nitrogen and oxygen atoms in total. The van der Waals surface area contributed by atoms with Crippen LogP contribution in [0.2, 0.25) is 0 Å². The Hall–Kier alpha value is -0.640. The van der Waals surface area contributed by atoms with E-state index < -0.39 is 11.6 Å². The minimum absolute atomic E-state index is 0.182. The van der Waals surface area contributed by atoms with Gasteiger partial charge in [-0.1, -0.05) is 6.42 Å². The van der Waals surface area contributed by atoms with E-state index in [0.29, 0.717) is 19.3 Å². The summed E-state index contributed by atoms with van der Waals surface area (Å²) in [6, 6.07) is 0. The van der Waals surface area contributed by atoms with Crippen LogP contribution in [0.5, 0.6) is 0 Å². The third-order valence-electron chi connectivity index (χ3n) is 2.85. The minimum Gasteiger partial charge on any atom is -0.393 e. The fourth-order valence-electron chi connectivity index (χ4n) is 2.22. The molecule has 1 saturated carbocycles. The van der Waals surface area contributed by atoms with Gasteiger partial charge in [0, 0.05) is 24.2 Å². The average Bonchev–Trinajstić information content (AvgIpc) is 2.04. The van der Waals surface area contributed by atoms with E-state index in [4.69, 9.17) is 0 Å². The lowest BCUT2D eigenvalue weighted by molar-refractivity contribution is -0.577. The summed E-state index contributed by atoms with van der Waals surface area (Å²) in [6.07, 6.45) is 3.94. The summed E-state index contributed by atoms with van der Waals surface area (Å²) in [5, 5.41) is 20.1. The molecular weight excluding hydrogens is 170 g/mol. The first-order chi connectivity index (χ1) is 6.07. The van der Waals surface area contributed by atoms with Crippen molar-refractivity contribution in [1.29, 1.82) is 0 Å². The van der Waals surface area contributed by atoms with Crippen LogP contribution < -0.4 is 0 Å². The van der Waals surface area contributed by atoms with Gasteiger partial charge in [-0.25, -0.2) is 0 Å². The van der Waals surface area contributed by atoms with E-state index in [0.717, 1.165) is 19.3 Å². The predicted molar refractivity (Wildman–Crippen MR) is 49.1 cm³/mol. The van der Waals surface area contributed by atoms with E-state index in [-0.39, 0.29) is 4.92 Å². The molecule has 1 N–H and O–H groups in total. The van der Waals surface area contributed by atoms with Crippen LogP contribution in [-0.2, 0) is 0 Å². The first kappa shape index (κ1) is 10.4. The molecule has 1 aliphatic carbocycles. The van der Waals surface area contributed by atoms with Crippen molar-refractivity contribution in [1.82, 2.24) is 0 Å². The summed E-state index contributed by atoms with van der Waals surface area (Å²) in [7, 11) is 0. The number of hydrogen-bond acceptors (Lipinski definition) is 3. The molecular formula is C9H17NO3. The zero-order chi connectivity index (χ0) is 9.90. The second-order valence-electron chi connectivity index (χ2n) is 4.10. The van der Waals surface area contributed by atoms with Gasteiger partial charge in [-0.15, -0.1) is 0 Å². The van der Waals surface area contributed by atoms with Crippen molar-refractivity contribution >= 4 is 0 Å². The van der Waals surface area contributed by atoms with Crippen LogP contribution in [-0.4, -0.2) is 21.7 Å². The summed E-state index contributed by atoms with van der Waals surface area (Å²) in [5.74, 6) is 0. The molecule has 1 unspecified atom stereocenters. The summed E-state index contributed by atoms with van der Waals surface area (Å²) >= 11 is 0. The Labute approximate surface area is 78.1 Å². The van der Waals surface area contributed by atoms with Crippen molar-refractivity contribution in [3.8, 4) is 0 Å². The maximum atomic E-state index is 10.9. The van der Waals surface area contributed by atoms with E-state index >= 15 is 0 Å². The lowest BCUT2D eigenvalue weighted by atomic mass is 9.78. The van der Waals surface area contributed by atoms with Gasteiger partial charge in [0.2, 0.25) is 5.54 Å². The normalized spacial score (nSPS) is 23.8. The van der Waals surface area contributed by atoms with Crippen molar-refractivity contribution in [2.75, 3.05) is 0 Å². The zero-order valence-electron chi connectivity index (χ0n) is 8.03. The SMILES string of the molecule is CC(O)CC1([N+](=O)[O-])CCCCC1. The van der Waals surface area contributed by atoms with Gasteiger partial charge in [-0.3, -0.25) is 10.1 Å². The standard InChI is InChI=1S/C9H17NO3/c1-8(11)7-9(10(12)13)5-3-2-4-6-9/h8,11H,2-7H2,1H3. The lowest BCUT2D eigenvalue weighted by Gasteiger charge is -2.29. The third kappa shape index (κ3) is 2.40. The number of aliphatic hydroxyl groups excluding tert-OH is 1. The molecule has 0 aromatic carbocycles. The maximum Gasteiger partial charge on any atom is 0.224 e. The molecule has 0 aliphatic heterocycles. The highest BCUT2D eigenvalue weighted by Gasteiger charge is 2.44. The molecule has 0 heterocycles. The Morgan fingerprint density at radius 1 is 1.46 bits per heavy atom. The first-order valence-corrected chi connectivity index (χ1v) is 4.89. The minimum atomic E-state index is -0.827. The average molecular weight is 187 g/mol. The second kappa shape index (κ2) is 4.05. The Morgan fingerprint density at radius 3 is 2.38 bits per heavy atom. The first-order valence-electron chi connectivity index (χ1n) is 4.89. The molecule has 0 radical (unpaired) electrons. The quantitative estimate of drug-likeness (QED) is 0.540. The highest BCUT2D eigenvalue weighted by atomic mass is 16.6. The number of nitrogens with zero attached hydrogens (tertiary/aromatic N) is 1. The van der Waals surface area contributed by atoms with Crippen LogP contribution >= 0.6 is 0 Å². The van der Waals surface area contributed by atoms with E-state index in [2.05, 4.69) is 0 Å². The molecule has 0 aromatic heterocycles. The number of nitro groups is 1. The highest BCUT2D eigenvalue weighted by Crippen LogP contribution is 2.34. The monoisotopic (exact) mass is 187 g/mol. The van der Waals surface area contributed by atoms with Gasteiger partial charge < -0.3 is 5.11 Å². The molecule has 76 valence electrons. The fraction of sp³-hybridized carbons (Fsp3) is 1.00. The second-order valence-corrected chi connectivity index (χ2v) is 4.10. The summed E-state index contributed by atoms with van der Waals surface area (Å²) in [5.41, 5.74) is -0.827. The topological polar surface area (TPSA) is 63.4 Å². The number of hydrogen-bond donors (Lipinski definition) is 1. The molecule has 1 fully saturated rings. The number of rotatable bonds is 3. The summed E-state index contributed by atoms with van der Waals surface area (Å²) < 4.78 is 0. The largest absolute Gasteiger partial charge is 0.393 e. The van der Waals surface area contributed by atoms with Crippen molar-refractivity contribution in [2.45, 2.75) is 57.1 Å². The zero-order valence-corrected chi connectivity index (χ0v) is 8.03. The van der Waals surface area contributed by atoms with E-state index in [1.54, 1.807) is 6.92 Å². The van der Waals surface area contributed by atoms with Gasteiger partial charge in [0.05, 0.1) is 6.10 Å². The van der Waals surface area contributed by atoms with Gasteiger partial charge in [0.15, 0.2) is 0 Å². The van der Waals surface area contributed by atoms with Crippen molar-refractivity contribution in [2.24, 2.45) is 0 Å². The molecule has 1 aliphatic rings. The molecule has 1 rings (SSSR count). The van der Waals surface area contributed by atoms with E-state index in [1.807, 2.05) is 0 Å². The predicted octanol–water partition coefficient (Wildman–Crippen LogP) is 1.74. The maximum absolute atomic E-state index is 10.9. The van der Waals surface area contributed by atoms with Gasteiger partial charge in [0.25, 0.3) is 0 Å². The van der Waals surface area contributed by atoms with Crippen LogP contribution in [0.25, 0.3) is 0 Å². The van der Waals surface area contributed by atoms with Gasteiger partial charge in [-0.2, -0.15) is 0 Å². The van der Waals surface area contributed by atoms with E-state index in [9.17, 15) is 15.2 Å². The Morgan fingerprint density at radius 2 is 2.00 bits per heavy atom. The summed E-state index contributed by atoms with van der Waals surface area (Å²) in [6.45, 7) is 1.62. The molecule has 13 heavy (non-hydrogen) atoms. The smallest absolute Gasteiger partial charge is 0.224 e. The van der Waals surface area contributed by atoms with Crippen LogP contribution in [0, 0.1) is 10.1 Å². The van der Waals surface area contributed by atoms with Crippen molar-refractivity contribution in [3.05, 3.63) is 10.1 Å². The van der Waals surface area contributed by atoms with Crippen LogP contribution in [0.15, 0.2) is 0 Å². The van der Waals surface area contributed by atoms with Crippen molar-refractivity contribution < 1.29 is 10.0 Å². The fourth-order valence-corrected chi connectivity index (χ4v) is 2.22. The van der Waals surface area contributed by atoms with Crippen molar-refractivity contribution in [3.63, 3.8) is 0 Å². The third-order valence-corrected chi connectivity index (χ3v) is 2.85. The van der Waals surface area contributed by atoms with Gasteiger partial charge >= 0.3 is 0 Å². The summed E-state index contributed by atoms with van der Waals surface area (Å²) in [4.78, 5) is 10.7. The molecule has 0 amide bonds.